The Balaban J connectivity index is 3.73. The lowest BCUT2D eigenvalue weighted by Crippen LogP contribution is -2.33. The third kappa shape index (κ3) is 6.71. The van der Waals surface area contributed by atoms with E-state index in [9.17, 15) is 18.0 Å². The van der Waals surface area contributed by atoms with Crippen LogP contribution in [0.25, 0.3) is 0 Å². The Morgan fingerprint density at radius 2 is 2.00 bits per heavy atom. The van der Waals surface area contributed by atoms with Gasteiger partial charge in [-0.25, -0.2) is 0 Å². The molecule has 0 atom stereocenters. The van der Waals surface area contributed by atoms with Crippen molar-refractivity contribution in [2.75, 3.05) is 26.8 Å². The molecule has 0 heterocycles. The highest BCUT2D eigenvalue weighted by molar-refractivity contribution is 5.77. The van der Waals surface area contributed by atoms with Crippen molar-refractivity contribution < 1.29 is 22.7 Å². The standard InChI is InChI=1S/C8H14F3NO2/c1-3-14-6-7(13)12(2)5-4-8(9,10)11/h3-6H2,1-2H3. The van der Waals surface area contributed by atoms with E-state index >= 15 is 0 Å². The van der Waals surface area contributed by atoms with Gasteiger partial charge in [0.25, 0.3) is 0 Å². The molecule has 0 aliphatic carbocycles. The van der Waals surface area contributed by atoms with Crippen molar-refractivity contribution in [1.29, 1.82) is 0 Å². The van der Waals surface area contributed by atoms with Crippen LogP contribution in [-0.2, 0) is 9.53 Å². The van der Waals surface area contributed by atoms with Crippen molar-refractivity contribution in [1.82, 2.24) is 4.90 Å². The Labute approximate surface area is 80.8 Å². The van der Waals surface area contributed by atoms with Crippen LogP contribution >= 0.6 is 0 Å². The fourth-order valence-corrected chi connectivity index (χ4v) is 0.719. The van der Waals surface area contributed by atoms with Crippen LogP contribution in [0, 0.1) is 0 Å². The van der Waals surface area contributed by atoms with E-state index in [-0.39, 0.29) is 13.2 Å². The number of alkyl halides is 3. The number of halogens is 3. The second-order valence-corrected chi connectivity index (χ2v) is 2.82. The Morgan fingerprint density at radius 3 is 2.43 bits per heavy atom. The summed E-state index contributed by atoms with van der Waals surface area (Å²) in [6, 6.07) is 0. The first kappa shape index (κ1) is 13.2. The minimum absolute atomic E-state index is 0.162. The van der Waals surface area contributed by atoms with Gasteiger partial charge in [0, 0.05) is 20.2 Å². The summed E-state index contributed by atoms with van der Waals surface area (Å²) < 4.78 is 40.1. The fourth-order valence-electron chi connectivity index (χ4n) is 0.719. The van der Waals surface area contributed by atoms with E-state index < -0.39 is 18.5 Å². The first-order valence-corrected chi connectivity index (χ1v) is 4.25. The number of likely N-dealkylation sites (N-methyl/N-ethyl adjacent to an activating group) is 1. The first-order chi connectivity index (χ1) is 6.37. The second kappa shape index (κ2) is 5.85. The Kier molecular flexibility index (Phi) is 5.52. The summed E-state index contributed by atoms with van der Waals surface area (Å²) in [6.45, 7) is 1.60. The third-order valence-corrected chi connectivity index (χ3v) is 1.59. The summed E-state index contributed by atoms with van der Waals surface area (Å²) in [5, 5.41) is 0. The lowest BCUT2D eigenvalue weighted by Gasteiger charge is -2.17. The molecular formula is C8H14F3NO2. The first-order valence-electron chi connectivity index (χ1n) is 4.25. The monoisotopic (exact) mass is 213 g/mol. The van der Waals surface area contributed by atoms with Gasteiger partial charge in [-0.05, 0) is 6.92 Å². The van der Waals surface area contributed by atoms with E-state index in [1.54, 1.807) is 6.92 Å². The molecule has 0 aromatic rings. The normalized spacial score (nSPS) is 11.5. The summed E-state index contributed by atoms with van der Waals surface area (Å²) in [6.07, 6.45) is -5.21. The molecule has 0 unspecified atom stereocenters. The molecule has 0 N–H and O–H groups in total. The molecule has 0 aromatic carbocycles. The molecule has 0 fully saturated rings. The van der Waals surface area contributed by atoms with Gasteiger partial charge in [0.2, 0.25) is 5.91 Å². The summed E-state index contributed by atoms with van der Waals surface area (Å²) >= 11 is 0. The Bertz CT molecular complexity index is 182. The topological polar surface area (TPSA) is 29.5 Å². The number of rotatable bonds is 5. The van der Waals surface area contributed by atoms with Crippen LogP contribution in [-0.4, -0.2) is 43.8 Å². The van der Waals surface area contributed by atoms with Gasteiger partial charge >= 0.3 is 6.18 Å². The van der Waals surface area contributed by atoms with Crippen LogP contribution in [0.4, 0.5) is 13.2 Å². The van der Waals surface area contributed by atoms with E-state index in [2.05, 4.69) is 0 Å². The van der Waals surface area contributed by atoms with Crippen LogP contribution in [0.5, 0.6) is 0 Å². The van der Waals surface area contributed by atoms with E-state index in [4.69, 9.17) is 4.74 Å². The predicted octanol–water partition coefficient (Wildman–Crippen LogP) is 1.43. The smallest absolute Gasteiger partial charge is 0.372 e. The lowest BCUT2D eigenvalue weighted by molar-refractivity contribution is -0.146. The molecule has 0 saturated heterocycles. The number of carbonyl (C=O) groups is 1. The molecule has 14 heavy (non-hydrogen) atoms. The maximum Gasteiger partial charge on any atom is 0.390 e. The predicted molar refractivity (Wildman–Crippen MR) is 44.8 cm³/mol. The third-order valence-electron chi connectivity index (χ3n) is 1.59. The van der Waals surface area contributed by atoms with Gasteiger partial charge in [0.1, 0.15) is 6.61 Å². The molecule has 0 aliphatic heterocycles. The summed E-state index contributed by atoms with van der Waals surface area (Å²) in [7, 11) is 1.33. The van der Waals surface area contributed by atoms with Gasteiger partial charge in [-0.2, -0.15) is 13.2 Å². The number of hydrogen-bond acceptors (Lipinski definition) is 2. The molecule has 0 saturated carbocycles. The van der Waals surface area contributed by atoms with Gasteiger partial charge in [-0.3, -0.25) is 4.79 Å². The van der Waals surface area contributed by atoms with E-state index in [1.807, 2.05) is 0 Å². The molecular weight excluding hydrogens is 199 g/mol. The molecule has 6 heteroatoms. The summed E-state index contributed by atoms with van der Waals surface area (Å²) in [5.41, 5.74) is 0. The number of nitrogens with zero attached hydrogens (tertiary/aromatic N) is 1. The Morgan fingerprint density at radius 1 is 1.43 bits per heavy atom. The molecule has 0 spiro atoms. The van der Waals surface area contributed by atoms with Crippen molar-refractivity contribution in [3.63, 3.8) is 0 Å². The largest absolute Gasteiger partial charge is 0.390 e. The summed E-state index contributed by atoms with van der Waals surface area (Å²) in [5.74, 6) is -0.434. The molecule has 0 bridgehead atoms. The maximum absolute atomic E-state index is 11.8. The second-order valence-electron chi connectivity index (χ2n) is 2.82. The van der Waals surface area contributed by atoms with Crippen molar-refractivity contribution >= 4 is 5.91 Å². The van der Waals surface area contributed by atoms with Gasteiger partial charge in [-0.1, -0.05) is 0 Å². The molecule has 0 radical (unpaired) electrons. The van der Waals surface area contributed by atoms with E-state index in [0.29, 0.717) is 6.61 Å². The molecule has 0 aliphatic rings. The van der Waals surface area contributed by atoms with Crippen LogP contribution < -0.4 is 0 Å². The zero-order chi connectivity index (χ0) is 11.2. The van der Waals surface area contributed by atoms with Gasteiger partial charge in [0.15, 0.2) is 0 Å². The van der Waals surface area contributed by atoms with E-state index in [0.717, 1.165) is 4.90 Å². The number of hydrogen-bond donors (Lipinski definition) is 0. The van der Waals surface area contributed by atoms with Crippen LogP contribution in [0.2, 0.25) is 0 Å². The SMILES string of the molecule is CCOCC(=O)N(C)CCC(F)(F)F. The minimum atomic E-state index is -4.22. The zero-order valence-electron chi connectivity index (χ0n) is 8.23. The minimum Gasteiger partial charge on any atom is -0.372 e. The fraction of sp³-hybridized carbons (Fsp3) is 0.875. The van der Waals surface area contributed by atoms with Crippen molar-refractivity contribution in [3.05, 3.63) is 0 Å². The number of ether oxygens (including phenoxy) is 1. The maximum atomic E-state index is 11.8. The van der Waals surface area contributed by atoms with Crippen LogP contribution in [0.15, 0.2) is 0 Å². The molecule has 3 nitrogen and oxygen atoms in total. The van der Waals surface area contributed by atoms with Gasteiger partial charge < -0.3 is 9.64 Å². The van der Waals surface area contributed by atoms with Crippen LogP contribution in [0.3, 0.4) is 0 Å². The van der Waals surface area contributed by atoms with Gasteiger partial charge in [0.05, 0.1) is 6.42 Å². The summed E-state index contributed by atoms with van der Waals surface area (Å²) in [4.78, 5) is 12.1. The van der Waals surface area contributed by atoms with Crippen molar-refractivity contribution in [2.45, 2.75) is 19.5 Å². The van der Waals surface area contributed by atoms with Gasteiger partial charge in [-0.15, -0.1) is 0 Å². The average Bonchev–Trinajstić information content (AvgIpc) is 2.09. The molecule has 0 aromatic heterocycles. The zero-order valence-corrected chi connectivity index (χ0v) is 8.23. The van der Waals surface area contributed by atoms with E-state index in [1.165, 1.54) is 7.05 Å². The quantitative estimate of drug-likeness (QED) is 0.691. The Hall–Kier alpha value is -0.780. The van der Waals surface area contributed by atoms with Crippen molar-refractivity contribution in [3.8, 4) is 0 Å². The average molecular weight is 213 g/mol. The highest BCUT2D eigenvalue weighted by Crippen LogP contribution is 2.19. The molecule has 0 rings (SSSR count). The highest BCUT2D eigenvalue weighted by Gasteiger charge is 2.27. The van der Waals surface area contributed by atoms with Crippen molar-refractivity contribution in [2.24, 2.45) is 0 Å². The molecule has 84 valence electrons. The lowest BCUT2D eigenvalue weighted by atomic mass is 10.4. The number of carbonyl (C=O) groups excluding carboxylic acids is 1. The number of amides is 1. The highest BCUT2D eigenvalue weighted by atomic mass is 19.4. The van der Waals surface area contributed by atoms with Crippen LogP contribution in [0.1, 0.15) is 13.3 Å². The molecule has 1 amide bonds.